The number of carboxylic acids is 1. The van der Waals surface area contributed by atoms with E-state index in [1.807, 2.05) is 17.9 Å². The normalized spacial score (nSPS) is 18.7. The van der Waals surface area contributed by atoms with E-state index in [1.54, 1.807) is 13.2 Å². The minimum Gasteiger partial charge on any atom is -0.481 e. The van der Waals surface area contributed by atoms with Crippen LogP contribution in [0.15, 0.2) is 24.0 Å². The number of nitrogens with zero attached hydrogens (tertiary/aromatic N) is 5. The number of ether oxygens (including phenoxy) is 1. The monoisotopic (exact) mass is 513 g/mol. The highest BCUT2D eigenvalue weighted by atomic mass is 19.1. The molecular formula is C26H36FN7O3. The van der Waals surface area contributed by atoms with Crippen molar-refractivity contribution in [2.75, 3.05) is 31.6 Å². The van der Waals surface area contributed by atoms with Gasteiger partial charge in [-0.3, -0.25) is 4.79 Å². The SMILES string of the molecule is CCc1nc(/C(N)=C(\COc2nccc(C3CCC3)n2)N(C)N)cc(F)c1N1CCCC(CC(=O)O)C1. The summed E-state index contributed by atoms with van der Waals surface area (Å²) >= 11 is 0. The Morgan fingerprint density at radius 1 is 1.30 bits per heavy atom. The molecule has 1 atom stereocenters. The van der Waals surface area contributed by atoms with Crippen molar-refractivity contribution in [3.8, 4) is 6.01 Å². The Labute approximate surface area is 216 Å². The van der Waals surface area contributed by atoms with Crippen LogP contribution in [0.2, 0.25) is 0 Å². The van der Waals surface area contributed by atoms with E-state index in [-0.39, 0.29) is 36.3 Å². The van der Waals surface area contributed by atoms with E-state index in [2.05, 4.69) is 15.0 Å². The fourth-order valence-electron chi connectivity index (χ4n) is 4.96. The minimum absolute atomic E-state index is 0.0115. The van der Waals surface area contributed by atoms with Crippen molar-refractivity contribution in [2.45, 2.75) is 57.8 Å². The molecule has 1 saturated carbocycles. The zero-order valence-electron chi connectivity index (χ0n) is 21.5. The molecule has 2 aromatic rings. The van der Waals surface area contributed by atoms with Crippen LogP contribution in [0.5, 0.6) is 6.01 Å². The fraction of sp³-hybridized carbons (Fsp3) is 0.538. The highest BCUT2D eigenvalue weighted by Crippen LogP contribution is 2.35. The van der Waals surface area contributed by atoms with E-state index in [0.717, 1.165) is 31.4 Å². The van der Waals surface area contributed by atoms with Crippen molar-refractivity contribution in [2.24, 2.45) is 17.5 Å². The second-order valence-electron chi connectivity index (χ2n) is 9.84. The Kier molecular flexibility index (Phi) is 8.42. The zero-order valence-corrected chi connectivity index (χ0v) is 21.5. The van der Waals surface area contributed by atoms with Crippen molar-refractivity contribution >= 4 is 17.4 Å². The summed E-state index contributed by atoms with van der Waals surface area (Å²) in [6.45, 7) is 3.02. The number of hydrazine groups is 1. The third kappa shape index (κ3) is 6.27. The largest absolute Gasteiger partial charge is 0.481 e. The number of hydrogen-bond donors (Lipinski definition) is 3. The molecule has 0 radical (unpaired) electrons. The summed E-state index contributed by atoms with van der Waals surface area (Å²) in [6, 6.07) is 3.45. The van der Waals surface area contributed by atoms with Gasteiger partial charge in [0.2, 0.25) is 0 Å². The number of piperidine rings is 1. The summed E-state index contributed by atoms with van der Waals surface area (Å²) < 4.78 is 21.4. The number of carbonyl (C=O) groups is 1. The Morgan fingerprint density at radius 2 is 2.08 bits per heavy atom. The minimum atomic E-state index is -0.838. The first-order valence-electron chi connectivity index (χ1n) is 12.9. The number of pyridine rings is 1. The molecule has 200 valence electrons. The Hall–Kier alpha value is -3.47. The van der Waals surface area contributed by atoms with Crippen LogP contribution in [0.4, 0.5) is 10.1 Å². The summed E-state index contributed by atoms with van der Waals surface area (Å²) in [6.07, 6.45) is 7.28. The lowest BCUT2D eigenvalue weighted by atomic mass is 9.83. The zero-order chi connectivity index (χ0) is 26.5. The maximum absolute atomic E-state index is 15.5. The van der Waals surface area contributed by atoms with Gasteiger partial charge >= 0.3 is 12.0 Å². The molecule has 1 unspecified atom stereocenters. The molecule has 2 aromatic heterocycles. The quantitative estimate of drug-likeness (QED) is 0.320. The highest BCUT2D eigenvalue weighted by molar-refractivity contribution is 5.68. The molecule has 0 aromatic carbocycles. The van der Waals surface area contributed by atoms with Gasteiger partial charge in [-0.2, -0.15) is 4.98 Å². The van der Waals surface area contributed by atoms with Gasteiger partial charge in [0, 0.05) is 44.7 Å². The maximum Gasteiger partial charge on any atom is 0.316 e. The van der Waals surface area contributed by atoms with Gasteiger partial charge in [-0.15, -0.1) is 0 Å². The van der Waals surface area contributed by atoms with Gasteiger partial charge < -0.3 is 25.5 Å². The van der Waals surface area contributed by atoms with Crippen LogP contribution in [-0.2, 0) is 11.2 Å². The van der Waals surface area contributed by atoms with Gasteiger partial charge in [0.05, 0.1) is 34.2 Å². The van der Waals surface area contributed by atoms with E-state index >= 15 is 4.39 Å². The van der Waals surface area contributed by atoms with Gasteiger partial charge in [-0.1, -0.05) is 13.3 Å². The molecular weight excluding hydrogens is 477 g/mol. The predicted molar refractivity (Wildman–Crippen MR) is 138 cm³/mol. The van der Waals surface area contributed by atoms with Gasteiger partial charge in [0.1, 0.15) is 6.61 Å². The third-order valence-corrected chi connectivity index (χ3v) is 7.18. The van der Waals surface area contributed by atoms with Crippen molar-refractivity contribution in [3.63, 3.8) is 0 Å². The molecule has 0 bridgehead atoms. The first-order chi connectivity index (χ1) is 17.8. The van der Waals surface area contributed by atoms with E-state index < -0.39 is 11.8 Å². The van der Waals surface area contributed by atoms with Crippen molar-refractivity contribution < 1.29 is 19.0 Å². The van der Waals surface area contributed by atoms with E-state index in [1.165, 1.54) is 17.5 Å². The molecule has 1 aliphatic carbocycles. The molecule has 1 aliphatic heterocycles. The number of aryl methyl sites for hydroxylation is 1. The van der Waals surface area contributed by atoms with E-state index in [9.17, 15) is 9.90 Å². The highest BCUT2D eigenvalue weighted by Gasteiger charge is 2.27. The van der Waals surface area contributed by atoms with E-state index in [4.69, 9.17) is 16.3 Å². The predicted octanol–water partition coefficient (Wildman–Crippen LogP) is 3.04. The molecule has 2 aliphatic rings. The number of hydrogen-bond acceptors (Lipinski definition) is 9. The van der Waals surface area contributed by atoms with E-state index in [0.29, 0.717) is 42.5 Å². The molecule has 4 rings (SSSR count). The van der Waals surface area contributed by atoms with Crippen LogP contribution in [-0.4, -0.2) is 57.8 Å². The second kappa shape index (κ2) is 11.7. The summed E-state index contributed by atoms with van der Waals surface area (Å²) in [5, 5.41) is 10.5. The molecule has 37 heavy (non-hydrogen) atoms. The number of halogens is 1. The number of anilines is 1. The van der Waals surface area contributed by atoms with Crippen molar-refractivity contribution in [1.82, 2.24) is 20.0 Å². The van der Waals surface area contributed by atoms with Crippen LogP contribution in [0, 0.1) is 11.7 Å². The molecule has 5 N–H and O–H groups in total. The lowest BCUT2D eigenvalue weighted by Gasteiger charge is -2.35. The van der Waals surface area contributed by atoms with Crippen LogP contribution in [0.1, 0.15) is 68.4 Å². The second-order valence-corrected chi connectivity index (χ2v) is 9.84. The molecule has 3 heterocycles. The Balaban J connectivity index is 1.57. The number of aromatic nitrogens is 3. The number of nitrogens with two attached hydrogens (primary N) is 2. The van der Waals surface area contributed by atoms with Gasteiger partial charge in [0.25, 0.3) is 0 Å². The molecule has 11 heteroatoms. The molecule has 0 spiro atoms. The van der Waals surface area contributed by atoms with Crippen LogP contribution < -0.4 is 21.2 Å². The average molecular weight is 514 g/mol. The number of aliphatic carboxylic acids is 1. The van der Waals surface area contributed by atoms with Crippen LogP contribution >= 0.6 is 0 Å². The Morgan fingerprint density at radius 3 is 2.73 bits per heavy atom. The summed E-state index contributed by atoms with van der Waals surface area (Å²) in [5.74, 6) is 5.19. The molecule has 2 fully saturated rings. The maximum atomic E-state index is 15.5. The Bertz CT molecular complexity index is 1150. The van der Waals surface area contributed by atoms with Crippen LogP contribution in [0.25, 0.3) is 5.70 Å². The molecule has 10 nitrogen and oxygen atoms in total. The van der Waals surface area contributed by atoms with Crippen LogP contribution in [0.3, 0.4) is 0 Å². The topological polar surface area (TPSA) is 144 Å². The van der Waals surface area contributed by atoms with Gasteiger partial charge in [-0.25, -0.2) is 20.2 Å². The van der Waals surface area contributed by atoms with Crippen molar-refractivity contribution in [1.29, 1.82) is 0 Å². The summed E-state index contributed by atoms with van der Waals surface area (Å²) in [7, 11) is 1.62. The lowest BCUT2D eigenvalue weighted by Crippen LogP contribution is -2.37. The molecule has 0 amide bonds. The fourth-order valence-corrected chi connectivity index (χ4v) is 4.96. The van der Waals surface area contributed by atoms with Gasteiger partial charge in [0.15, 0.2) is 5.82 Å². The summed E-state index contributed by atoms with van der Waals surface area (Å²) in [5.41, 5.74) is 9.25. The number of carboxylic acid groups (broad SMARTS) is 1. The number of likely N-dealkylation sites (N-methyl/N-ethyl adjacent to an activating group) is 1. The first-order valence-corrected chi connectivity index (χ1v) is 12.9. The molecule has 1 saturated heterocycles. The summed E-state index contributed by atoms with van der Waals surface area (Å²) in [4.78, 5) is 26.5. The standard InChI is InChI=1S/C26H36FN7O3/c1-3-19-25(34-11-5-6-16(14-34)12-23(35)36)18(27)13-21(31-19)24(28)22(33(2)29)15-37-26-30-10-9-20(32-26)17-7-4-8-17/h9-10,13,16-17H,3-8,11-12,14-15,28-29H2,1-2H3,(H,35,36)/b24-22-. The van der Waals surface area contributed by atoms with Crippen molar-refractivity contribution in [3.05, 3.63) is 46.9 Å². The smallest absolute Gasteiger partial charge is 0.316 e. The third-order valence-electron chi connectivity index (χ3n) is 7.18. The number of rotatable bonds is 10. The lowest BCUT2D eigenvalue weighted by molar-refractivity contribution is -0.138. The van der Waals surface area contributed by atoms with Gasteiger partial charge in [-0.05, 0) is 44.1 Å². The average Bonchev–Trinajstić information content (AvgIpc) is 2.82. The first kappa shape index (κ1) is 26.6.